The van der Waals surface area contributed by atoms with E-state index in [1.165, 1.54) is 116 Å². The second kappa shape index (κ2) is 54.5. The number of carbonyl (C=O) groups is 3. The van der Waals surface area contributed by atoms with Crippen LogP contribution in [-0.2, 0) is 28.6 Å². The molecule has 0 N–H and O–H groups in total. The van der Waals surface area contributed by atoms with Gasteiger partial charge in [0.15, 0.2) is 6.10 Å². The molecule has 0 rings (SSSR count). The van der Waals surface area contributed by atoms with Gasteiger partial charge in [-0.25, -0.2) is 0 Å². The molecule has 0 amide bonds. The van der Waals surface area contributed by atoms with Gasteiger partial charge < -0.3 is 14.2 Å². The second-order valence-electron chi connectivity index (χ2n) is 18.5. The van der Waals surface area contributed by atoms with Crippen LogP contribution in [0.4, 0.5) is 0 Å². The molecule has 6 heteroatoms. The van der Waals surface area contributed by atoms with Crippen molar-refractivity contribution in [2.75, 3.05) is 13.2 Å². The number of carbonyl (C=O) groups excluding carboxylic acids is 3. The van der Waals surface area contributed by atoms with Crippen molar-refractivity contribution in [1.29, 1.82) is 0 Å². The molecule has 1 unspecified atom stereocenters. The SMILES string of the molecule is CC/C=C\C/C=C\C/C=C\C/C=C\CCCCCCCCCCCCCCCCCCC(=O)OCC(COC(=O)CCCCCCCC)OC(=O)CCCCCCC/C=C\C/C=C\CCC. The lowest BCUT2D eigenvalue weighted by Gasteiger charge is -2.18. The Morgan fingerprint density at radius 1 is 0.318 bits per heavy atom. The maximum Gasteiger partial charge on any atom is 0.306 e. The molecule has 0 aromatic carbocycles. The first-order chi connectivity index (χ1) is 32.5. The fourth-order valence-electron chi connectivity index (χ4n) is 7.77. The van der Waals surface area contributed by atoms with E-state index in [1.807, 2.05) is 0 Å². The first-order valence-electron chi connectivity index (χ1n) is 27.9. The van der Waals surface area contributed by atoms with Crippen LogP contribution in [0.2, 0.25) is 0 Å². The Labute approximate surface area is 408 Å². The number of unbranched alkanes of at least 4 members (excludes halogenated alkanes) is 27. The van der Waals surface area contributed by atoms with E-state index >= 15 is 0 Å². The Hall–Kier alpha value is -3.15. The molecule has 0 aliphatic carbocycles. The third-order valence-electron chi connectivity index (χ3n) is 11.9. The molecular formula is C60H104O6. The van der Waals surface area contributed by atoms with Crippen molar-refractivity contribution in [2.24, 2.45) is 0 Å². The molecule has 0 fully saturated rings. The number of hydrogen-bond donors (Lipinski definition) is 0. The average molecular weight is 921 g/mol. The van der Waals surface area contributed by atoms with Gasteiger partial charge in [-0.15, -0.1) is 0 Å². The summed E-state index contributed by atoms with van der Waals surface area (Å²) in [4.78, 5) is 37.8. The summed E-state index contributed by atoms with van der Waals surface area (Å²) in [5, 5.41) is 0. The molecule has 0 radical (unpaired) electrons. The standard InChI is InChI=1S/C60H104O6/c1-4-7-10-13-16-18-20-22-23-24-25-26-27-28-29-30-31-32-33-34-35-36-37-39-40-42-44-47-50-53-59(62)65-56-57(55-64-58(61)52-49-46-15-12-9-6-3)66-60(63)54-51-48-45-43-41-38-21-19-17-14-11-8-5-2/h7,10-11,14,16,18-19,21-23,25-26,57H,4-6,8-9,12-13,15,17,20,24,27-56H2,1-3H3/b10-7-,14-11-,18-16-,21-19-,23-22-,26-25-. The van der Waals surface area contributed by atoms with Crippen LogP contribution in [0, 0.1) is 0 Å². The van der Waals surface area contributed by atoms with Gasteiger partial charge in [-0.3, -0.25) is 14.4 Å². The number of rotatable bonds is 50. The van der Waals surface area contributed by atoms with Crippen LogP contribution in [0.5, 0.6) is 0 Å². The maximum atomic E-state index is 12.7. The van der Waals surface area contributed by atoms with Crippen LogP contribution in [0.3, 0.4) is 0 Å². The Kier molecular flexibility index (Phi) is 51.9. The van der Waals surface area contributed by atoms with Crippen molar-refractivity contribution < 1.29 is 28.6 Å². The molecule has 0 aromatic rings. The Bertz CT molecular complexity index is 1240. The number of allylic oxidation sites excluding steroid dienone is 12. The lowest BCUT2D eigenvalue weighted by molar-refractivity contribution is -0.167. The Morgan fingerprint density at radius 2 is 0.621 bits per heavy atom. The highest BCUT2D eigenvalue weighted by atomic mass is 16.6. The quantitative estimate of drug-likeness (QED) is 0.0262. The minimum atomic E-state index is -0.777. The Morgan fingerprint density at radius 3 is 0.985 bits per heavy atom. The van der Waals surface area contributed by atoms with Gasteiger partial charge in [0, 0.05) is 19.3 Å². The van der Waals surface area contributed by atoms with Crippen molar-refractivity contribution >= 4 is 17.9 Å². The average Bonchev–Trinajstić information content (AvgIpc) is 3.31. The van der Waals surface area contributed by atoms with E-state index in [0.717, 1.165) is 116 Å². The fourth-order valence-corrected chi connectivity index (χ4v) is 7.77. The highest BCUT2D eigenvalue weighted by Gasteiger charge is 2.19. The second-order valence-corrected chi connectivity index (χ2v) is 18.5. The smallest absolute Gasteiger partial charge is 0.306 e. The lowest BCUT2D eigenvalue weighted by Crippen LogP contribution is -2.30. The van der Waals surface area contributed by atoms with Gasteiger partial charge in [-0.05, 0) is 83.5 Å². The van der Waals surface area contributed by atoms with Gasteiger partial charge in [0.05, 0.1) is 0 Å². The predicted octanol–water partition coefficient (Wildman–Crippen LogP) is 18.6. The molecule has 6 nitrogen and oxygen atoms in total. The third kappa shape index (κ3) is 51.8. The van der Waals surface area contributed by atoms with E-state index in [4.69, 9.17) is 14.2 Å². The van der Waals surface area contributed by atoms with E-state index in [-0.39, 0.29) is 31.1 Å². The maximum absolute atomic E-state index is 12.7. The topological polar surface area (TPSA) is 78.9 Å². The highest BCUT2D eigenvalue weighted by molar-refractivity contribution is 5.71. The molecule has 0 saturated heterocycles. The molecule has 0 aromatic heterocycles. The zero-order chi connectivity index (χ0) is 47.9. The molecule has 0 aliphatic rings. The summed E-state index contributed by atoms with van der Waals surface area (Å²) in [6, 6.07) is 0. The largest absolute Gasteiger partial charge is 0.462 e. The predicted molar refractivity (Wildman–Crippen MR) is 284 cm³/mol. The molecular weight excluding hydrogens is 817 g/mol. The minimum Gasteiger partial charge on any atom is -0.462 e. The van der Waals surface area contributed by atoms with Crippen molar-refractivity contribution in [2.45, 2.75) is 277 Å². The van der Waals surface area contributed by atoms with Gasteiger partial charge in [-0.1, -0.05) is 241 Å². The summed E-state index contributed by atoms with van der Waals surface area (Å²) in [6.45, 7) is 6.40. The van der Waals surface area contributed by atoms with Crippen LogP contribution in [0.25, 0.3) is 0 Å². The van der Waals surface area contributed by atoms with Crippen LogP contribution in [0.1, 0.15) is 271 Å². The number of ether oxygens (including phenoxy) is 3. The zero-order valence-electron chi connectivity index (χ0n) is 43.4. The first-order valence-corrected chi connectivity index (χ1v) is 27.9. The summed E-state index contributed by atoms with van der Waals surface area (Å²) in [6.07, 6.45) is 69.4. The first kappa shape index (κ1) is 62.8. The van der Waals surface area contributed by atoms with Crippen molar-refractivity contribution in [3.05, 3.63) is 72.9 Å². The van der Waals surface area contributed by atoms with Gasteiger partial charge in [0.25, 0.3) is 0 Å². The molecule has 380 valence electrons. The third-order valence-corrected chi connectivity index (χ3v) is 11.9. The zero-order valence-corrected chi connectivity index (χ0v) is 43.4. The normalized spacial score (nSPS) is 12.6. The van der Waals surface area contributed by atoms with Crippen LogP contribution < -0.4 is 0 Å². The highest BCUT2D eigenvalue weighted by Crippen LogP contribution is 2.16. The molecule has 66 heavy (non-hydrogen) atoms. The number of hydrogen-bond acceptors (Lipinski definition) is 6. The van der Waals surface area contributed by atoms with Crippen molar-refractivity contribution in [3.8, 4) is 0 Å². The van der Waals surface area contributed by atoms with E-state index < -0.39 is 6.10 Å². The van der Waals surface area contributed by atoms with E-state index in [9.17, 15) is 14.4 Å². The van der Waals surface area contributed by atoms with Gasteiger partial charge in [0.2, 0.25) is 0 Å². The van der Waals surface area contributed by atoms with Crippen LogP contribution >= 0.6 is 0 Å². The summed E-state index contributed by atoms with van der Waals surface area (Å²) in [5.41, 5.74) is 0. The summed E-state index contributed by atoms with van der Waals surface area (Å²) < 4.78 is 16.7. The fraction of sp³-hybridized carbons (Fsp3) is 0.750. The molecule has 1 atom stereocenters. The van der Waals surface area contributed by atoms with E-state index in [0.29, 0.717) is 19.3 Å². The molecule has 0 saturated carbocycles. The van der Waals surface area contributed by atoms with Gasteiger partial charge >= 0.3 is 17.9 Å². The van der Waals surface area contributed by atoms with E-state index in [1.54, 1.807) is 0 Å². The van der Waals surface area contributed by atoms with Gasteiger partial charge in [0.1, 0.15) is 13.2 Å². The number of esters is 3. The monoisotopic (exact) mass is 921 g/mol. The molecule has 0 bridgehead atoms. The van der Waals surface area contributed by atoms with Crippen molar-refractivity contribution in [3.63, 3.8) is 0 Å². The molecule has 0 spiro atoms. The lowest BCUT2D eigenvalue weighted by atomic mass is 10.0. The van der Waals surface area contributed by atoms with Crippen LogP contribution in [-0.4, -0.2) is 37.2 Å². The van der Waals surface area contributed by atoms with Gasteiger partial charge in [-0.2, -0.15) is 0 Å². The molecule has 0 aliphatic heterocycles. The molecule has 0 heterocycles. The van der Waals surface area contributed by atoms with E-state index in [2.05, 4.69) is 93.7 Å². The summed E-state index contributed by atoms with van der Waals surface area (Å²) >= 11 is 0. The minimum absolute atomic E-state index is 0.0788. The summed E-state index contributed by atoms with van der Waals surface area (Å²) in [5.74, 6) is -0.898. The Balaban J connectivity index is 4.02. The van der Waals surface area contributed by atoms with Crippen molar-refractivity contribution in [1.82, 2.24) is 0 Å². The van der Waals surface area contributed by atoms with Crippen LogP contribution in [0.15, 0.2) is 72.9 Å². The summed E-state index contributed by atoms with van der Waals surface area (Å²) in [7, 11) is 0.